The number of nitrogens with zero attached hydrogens (tertiary/aromatic N) is 4. The van der Waals surface area contributed by atoms with Crippen LogP contribution in [0.4, 0.5) is 5.69 Å². The summed E-state index contributed by atoms with van der Waals surface area (Å²) in [6.07, 6.45) is 3.43. The number of nitrogens with one attached hydrogen (secondary N) is 1. The standard InChI is InChI=1S/C15H15N5O/c1-11-2-7-15(21)14(18-11)10-16-12-3-5-13(6-4-12)20-9-8-17-19-20/h2-9,16,21H,10H2,1H3. The Morgan fingerprint density at radius 1 is 1.14 bits per heavy atom. The van der Waals surface area contributed by atoms with Gasteiger partial charge in [0.05, 0.1) is 24.6 Å². The summed E-state index contributed by atoms with van der Waals surface area (Å²) < 4.78 is 1.69. The van der Waals surface area contributed by atoms with Gasteiger partial charge in [-0.1, -0.05) is 5.21 Å². The van der Waals surface area contributed by atoms with Gasteiger partial charge >= 0.3 is 0 Å². The van der Waals surface area contributed by atoms with Gasteiger partial charge in [-0.05, 0) is 43.3 Å². The van der Waals surface area contributed by atoms with Crippen LogP contribution in [0.5, 0.6) is 5.75 Å². The number of anilines is 1. The van der Waals surface area contributed by atoms with Gasteiger partial charge in [0.1, 0.15) is 11.4 Å². The molecule has 0 bridgehead atoms. The fourth-order valence-corrected chi connectivity index (χ4v) is 2.00. The number of rotatable bonds is 4. The SMILES string of the molecule is Cc1ccc(O)c(CNc2ccc(-n3ccnn3)cc2)n1. The van der Waals surface area contributed by atoms with Crippen molar-refractivity contribution in [3.8, 4) is 11.4 Å². The van der Waals surface area contributed by atoms with Crippen molar-refractivity contribution in [2.24, 2.45) is 0 Å². The Morgan fingerprint density at radius 3 is 2.67 bits per heavy atom. The second kappa shape index (κ2) is 5.62. The molecule has 0 unspecified atom stereocenters. The zero-order valence-electron chi connectivity index (χ0n) is 11.6. The highest BCUT2D eigenvalue weighted by Gasteiger charge is 2.03. The van der Waals surface area contributed by atoms with E-state index in [1.54, 1.807) is 29.2 Å². The number of hydrogen-bond donors (Lipinski definition) is 2. The maximum atomic E-state index is 9.76. The molecule has 6 heteroatoms. The molecule has 0 radical (unpaired) electrons. The molecule has 0 aliphatic heterocycles. The van der Waals surface area contributed by atoms with Gasteiger partial charge in [0, 0.05) is 11.4 Å². The topological polar surface area (TPSA) is 75.9 Å². The minimum atomic E-state index is 0.201. The van der Waals surface area contributed by atoms with Crippen LogP contribution >= 0.6 is 0 Å². The summed E-state index contributed by atoms with van der Waals surface area (Å²) in [6.45, 7) is 2.37. The summed E-state index contributed by atoms with van der Waals surface area (Å²) in [5, 5.41) is 20.7. The van der Waals surface area contributed by atoms with Crippen molar-refractivity contribution in [1.29, 1.82) is 0 Å². The van der Waals surface area contributed by atoms with Crippen LogP contribution in [-0.4, -0.2) is 25.1 Å². The van der Waals surface area contributed by atoms with Crippen LogP contribution in [0.3, 0.4) is 0 Å². The van der Waals surface area contributed by atoms with Crippen molar-refractivity contribution in [2.45, 2.75) is 13.5 Å². The Balaban J connectivity index is 1.70. The summed E-state index contributed by atoms with van der Waals surface area (Å²) in [4.78, 5) is 4.31. The fourth-order valence-electron chi connectivity index (χ4n) is 2.00. The normalized spacial score (nSPS) is 10.5. The number of hydrogen-bond acceptors (Lipinski definition) is 5. The Morgan fingerprint density at radius 2 is 1.95 bits per heavy atom. The van der Waals surface area contributed by atoms with E-state index in [2.05, 4.69) is 20.6 Å². The zero-order valence-corrected chi connectivity index (χ0v) is 11.6. The average Bonchev–Trinajstić information content (AvgIpc) is 3.03. The third-order valence-corrected chi connectivity index (χ3v) is 3.10. The fraction of sp³-hybridized carbons (Fsp3) is 0.133. The molecular weight excluding hydrogens is 266 g/mol. The van der Waals surface area contributed by atoms with Gasteiger partial charge in [-0.2, -0.15) is 0 Å². The molecule has 3 rings (SSSR count). The van der Waals surface area contributed by atoms with Crippen molar-refractivity contribution < 1.29 is 5.11 Å². The lowest BCUT2D eigenvalue weighted by Gasteiger charge is -2.09. The molecular formula is C15H15N5O. The first-order valence-corrected chi connectivity index (χ1v) is 6.58. The largest absolute Gasteiger partial charge is 0.506 e. The van der Waals surface area contributed by atoms with Gasteiger partial charge in [-0.15, -0.1) is 5.10 Å². The highest BCUT2D eigenvalue weighted by Crippen LogP contribution is 2.17. The molecule has 0 spiro atoms. The van der Waals surface area contributed by atoms with Gasteiger partial charge < -0.3 is 10.4 Å². The molecule has 0 aliphatic carbocycles. The molecule has 0 atom stereocenters. The molecule has 0 saturated carbocycles. The van der Waals surface area contributed by atoms with Crippen LogP contribution in [0.1, 0.15) is 11.4 Å². The van der Waals surface area contributed by atoms with E-state index in [9.17, 15) is 5.11 Å². The average molecular weight is 281 g/mol. The molecule has 6 nitrogen and oxygen atoms in total. The Kier molecular flexibility index (Phi) is 3.51. The molecule has 2 heterocycles. The highest BCUT2D eigenvalue weighted by molar-refractivity contribution is 5.49. The number of benzene rings is 1. The second-order valence-corrected chi connectivity index (χ2v) is 4.67. The first-order valence-electron chi connectivity index (χ1n) is 6.58. The van der Waals surface area contributed by atoms with Crippen molar-refractivity contribution in [2.75, 3.05) is 5.32 Å². The maximum Gasteiger partial charge on any atom is 0.138 e. The Labute approximate surface area is 122 Å². The molecule has 0 aliphatic rings. The molecule has 0 fully saturated rings. The van der Waals surface area contributed by atoms with E-state index < -0.39 is 0 Å². The van der Waals surface area contributed by atoms with Crippen LogP contribution < -0.4 is 5.32 Å². The van der Waals surface area contributed by atoms with Crippen LogP contribution in [0.2, 0.25) is 0 Å². The van der Waals surface area contributed by atoms with E-state index in [0.29, 0.717) is 12.2 Å². The number of aromatic hydroxyl groups is 1. The minimum absolute atomic E-state index is 0.201. The van der Waals surface area contributed by atoms with E-state index in [1.807, 2.05) is 31.2 Å². The van der Waals surface area contributed by atoms with E-state index in [-0.39, 0.29) is 5.75 Å². The number of aryl methyl sites for hydroxylation is 1. The highest BCUT2D eigenvalue weighted by atomic mass is 16.3. The zero-order chi connectivity index (χ0) is 14.7. The van der Waals surface area contributed by atoms with Crippen molar-refractivity contribution in [3.05, 3.63) is 60.2 Å². The molecule has 3 aromatic rings. The van der Waals surface area contributed by atoms with E-state index in [4.69, 9.17) is 0 Å². The summed E-state index contributed by atoms with van der Waals surface area (Å²) in [7, 11) is 0. The van der Waals surface area contributed by atoms with Crippen molar-refractivity contribution in [3.63, 3.8) is 0 Å². The summed E-state index contributed by atoms with van der Waals surface area (Å²) in [5.41, 5.74) is 3.40. The lowest BCUT2D eigenvalue weighted by molar-refractivity contribution is 0.464. The monoisotopic (exact) mass is 281 g/mol. The van der Waals surface area contributed by atoms with E-state index in [1.165, 1.54) is 0 Å². The molecule has 0 amide bonds. The first kappa shape index (κ1) is 13.1. The molecule has 2 N–H and O–H groups in total. The quantitative estimate of drug-likeness (QED) is 0.767. The molecule has 0 saturated heterocycles. The summed E-state index contributed by atoms with van der Waals surface area (Å²) >= 11 is 0. The minimum Gasteiger partial charge on any atom is -0.506 e. The maximum absolute atomic E-state index is 9.76. The predicted molar refractivity (Wildman–Crippen MR) is 79.3 cm³/mol. The van der Waals surface area contributed by atoms with Gasteiger partial charge in [0.25, 0.3) is 0 Å². The smallest absolute Gasteiger partial charge is 0.138 e. The van der Waals surface area contributed by atoms with Crippen LogP contribution in [0.15, 0.2) is 48.8 Å². The van der Waals surface area contributed by atoms with Gasteiger partial charge in [-0.3, -0.25) is 4.98 Å². The Bertz CT molecular complexity index is 722. The summed E-state index contributed by atoms with van der Waals surface area (Å²) in [6, 6.07) is 11.2. The predicted octanol–water partition coefficient (Wildman–Crippen LogP) is 2.29. The van der Waals surface area contributed by atoms with E-state index in [0.717, 1.165) is 17.1 Å². The first-order chi connectivity index (χ1) is 10.2. The van der Waals surface area contributed by atoms with Crippen molar-refractivity contribution >= 4 is 5.69 Å². The van der Waals surface area contributed by atoms with Crippen molar-refractivity contribution in [1.82, 2.24) is 20.0 Å². The molecule has 2 aromatic heterocycles. The van der Waals surface area contributed by atoms with Crippen LogP contribution in [0, 0.1) is 6.92 Å². The molecule has 106 valence electrons. The lowest BCUT2D eigenvalue weighted by Crippen LogP contribution is -2.03. The van der Waals surface area contributed by atoms with Gasteiger partial charge in [0.2, 0.25) is 0 Å². The second-order valence-electron chi connectivity index (χ2n) is 4.67. The molecule has 21 heavy (non-hydrogen) atoms. The van der Waals surface area contributed by atoms with Crippen LogP contribution in [-0.2, 0) is 6.54 Å². The summed E-state index contributed by atoms with van der Waals surface area (Å²) in [5.74, 6) is 0.201. The number of aromatic nitrogens is 4. The lowest BCUT2D eigenvalue weighted by atomic mass is 10.2. The van der Waals surface area contributed by atoms with Gasteiger partial charge in [0.15, 0.2) is 0 Å². The third kappa shape index (κ3) is 3.00. The molecule has 1 aromatic carbocycles. The van der Waals surface area contributed by atoms with Crippen LogP contribution in [0.25, 0.3) is 5.69 Å². The van der Waals surface area contributed by atoms with E-state index >= 15 is 0 Å². The Hall–Kier alpha value is -2.89. The number of pyridine rings is 1. The van der Waals surface area contributed by atoms with Gasteiger partial charge in [-0.25, -0.2) is 4.68 Å². The third-order valence-electron chi connectivity index (χ3n) is 3.10.